The van der Waals surface area contributed by atoms with E-state index in [1.165, 1.54) is 0 Å². The molecule has 2 N–H and O–H groups in total. The van der Waals surface area contributed by atoms with Crippen molar-refractivity contribution in [2.45, 2.75) is 13.0 Å². The molecule has 0 saturated carbocycles. The molecule has 0 aliphatic carbocycles. The highest BCUT2D eigenvalue weighted by Gasteiger charge is 2.16. The van der Waals surface area contributed by atoms with Crippen molar-refractivity contribution in [3.63, 3.8) is 0 Å². The fraction of sp³-hybridized carbons (Fsp3) is 0.200. The third kappa shape index (κ3) is 2.86. The van der Waals surface area contributed by atoms with Gasteiger partial charge in [0.25, 0.3) is 0 Å². The molecule has 0 bridgehead atoms. The summed E-state index contributed by atoms with van der Waals surface area (Å²) in [5.74, 6) is 0.811. The second kappa shape index (κ2) is 5.83. The largest absolute Gasteiger partial charge is 0.497 e. The highest BCUT2D eigenvalue weighted by Crippen LogP contribution is 2.33. The molecule has 0 fully saturated rings. The molecule has 0 heterocycles. The maximum atomic E-state index is 6.29. The first kappa shape index (κ1) is 14.2. The van der Waals surface area contributed by atoms with E-state index in [4.69, 9.17) is 33.7 Å². The molecule has 0 radical (unpaired) electrons. The van der Waals surface area contributed by atoms with E-state index < -0.39 is 0 Å². The van der Waals surface area contributed by atoms with Gasteiger partial charge in [-0.15, -0.1) is 0 Å². The molecule has 1 unspecified atom stereocenters. The maximum Gasteiger partial charge on any atom is 0.119 e. The number of rotatable bonds is 3. The minimum absolute atomic E-state index is 0.308. The summed E-state index contributed by atoms with van der Waals surface area (Å²) < 4.78 is 5.19. The van der Waals surface area contributed by atoms with Gasteiger partial charge in [0.05, 0.1) is 23.2 Å². The molecular weight excluding hydrogens is 281 g/mol. The van der Waals surface area contributed by atoms with Gasteiger partial charge < -0.3 is 10.5 Å². The number of halogens is 2. The second-order valence-corrected chi connectivity index (χ2v) is 5.13. The highest BCUT2D eigenvalue weighted by molar-refractivity contribution is 6.42. The van der Waals surface area contributed by atoms with Crippen LogP contribution in [0.15, 0.2) is 36.4 Å². The number of hydrogen-bond acceptors (Lipinski definition) is 2. The van der Waals surface area contributed by atoms with Gasteiger partial charge >= 0.3 is 0 Å². The molecule has 2 nitrogen and oxygen atoms in total. The summed E-state index contributed by atoms with van der Waals surface area (Å²) in [4.78, 5) is 0. The van der Waals surface area contributed by atoms with Crippen molar-refractivity contribution < 1.29 is 4.74 Å². The maximum absolute atomic E-state index is 6.29. The van der Waals surface area contributed by atoms with Crippen LogP contribution in [0.5, 0.6) is 5.75 Å². The number of nitrogens with two attached hydrogens (primary N) is 1. The minimum Gasteiger partial charge on any atom is -0.497 e. The molecule has 0 saturated heterocycles. The third-order valence-corrected chi connectivity index (χ3v) is 3.96. The van der Waals surface area contributed by atoms with E-state index in [0.717, 1.165) is 22.4 Å². The Labute approximate surface area is 123 Å². The lowest BCUT2D eigenvalue weighted by atomic mass is 9.95. The number of aryl methyl sites for hydroxylation is 1. The Morgan fingerprint density at radius 3 is 2.47 bits per heavy atom. The SMILES string of the molecule is COc1ccc(C(N)c2cccc(Cl)c2Cl)c(C)c1. The monoisotopic (exact) mass is 295 g/mol. The third-order valence-electron chi connectivity index (χ3n) is 3.13. The number of methoxy groups -OCH3 is 1. The Balaban J connectivity index is 2.44. The first-order valence-corrected chi connectivity index (χ1v) is 6.64. The highest BCUT2D eigenvalue weighted by atomic mass is 35.5. The van der Waals surface area contributed by atoms with Gasteiger partial charge in [-0.1, -0.05) is 41.4 Å². The zero-order valence-electron chi connectivity index (χ0n) is 10.8. The van der Waals surface area contributed by atoms with Crippen molar-refractivity contribution in [2.75, 3.05) is 7.11 Å². The van der Waals surface area contributed by atoms with Crippen molar-refractivity contribution in [3.05, 3.63) is 63.1 Å². The van der Waals surface area contributed by atoms with Crippen LogP contribution in [-0.4, -0.2) is 7.11 Å². The van der Waals surface area contributed by atoms with Gasteiger partial charge in [0.15, 0.2) is 0 Å². The number of benzene rings is 2. The molecule has 19 heavy (non-hydrogen) atoms. The lowest BCUT2D eigenvalue weighted by Crippen LogP contribution is -2.14. The number of ether oxygens (including phenoxy) is 1. The predicted octanol–water partition coefficient (Wildman–Crippen LogP) is 4.36. The van der Waals surface area contributed by atoms with Crippen molar-refractivity contribution in [1.82, 2.24) is 0 Å². The molecule has 2 aromatic carbocycles. The van der Waals surface area contributed by atoms with E-state index in [1.54, 1.807) is 13.2 Å². The number of hydrogen-bond donors (Lipinski definition) is 1. The Morgan fingerprint density at radius 2 is 1.84 bits per heavy atom. The quantitative estimate of drug-likeness (QED) is 0.913. The Bertz CT molecular complexity index is 599. The van der Waals surface area contributed by atoms with Gasteiger partial charge in [0.2, 0.25) is 0 Å². The second-order valence-electron chi connectivity index (χ2n) is 4.34. The summed E-state index contributed by atoms with van der Waals surface area (Å²) >= 11 is 12.2. The molecule has 2 rings (SSSR count). The Kier molecular flexibility index (Phi) is 4.35. The van der Waals surface area contributed by atoms with Crippen molar-refractivity contribution in [3.8, 4) is 5.75 Å². The van der Waals surface area contributed by atoms with Gasteiger partial charge in [-0.05, 0) is 41.8 Å². The summed E-state index contributed by atoms with van der Waals surface area (Å²) in [6, 6.07) is 11.0. The van der Waals surface area contributed by atoms with Crippen LogP contribution in [0.3, 0.4) is 0 Å². The van der Waals surface area contributed by atoms with Crippen molar-refractivity contribution in [2.24, 2.45) is 5.73 Å². The molecule has 1 atom stereocenters. The van der Waals surface area contributed by atoms with Crippen LogP contribution in [0.2, 0.25) is 10.0 Å². The first-order chi connectivity index (χ1) is 9.04. The topological polar surface area (TPSA) is 35.2 Å². The molecule has 0 aromatic heterocycles. The molecule has 0 amide bonds. The van der Waals surface area contributed by atoms with Crippen molar-refractivity contribution in [1.29, 1.82) is 0 Å². The van der Waals surface area contributed by atoms with E-state index in [-0.39, 0.29) is 6.04 Å². The van der Waals surface area contributed by atoms with E-state index in [9.17, 15) is 0 Å². The lowest BCUT2D eigenvalue weighted by molar-refractivity contribution is 0.414. The van der Waals surface area contributed by atoms with E-state index in [0.29, 0.717) is 10.0 Å². The fourth-order valence-corrected chi connectivity index (χ4v) is 2.48. The molecule has 0 aliphatic heterocycles. The molecule has 0 spiro atoms. The molecular formula is C15H15Cl2NO. The van der Waals surface area contributed by atoms with Gasteiger partial charge in [0.1, 0.15) is 5.75 Å². The van der Waals surface area contributed by atoms with Crippen LogP contribution >= 0.6 is 23.2 Å². The van der Waals surface area contributed by atoms with Gasteiger partial charge in [0, 0.05) is 0 Å². The zero-order chi connectivity index (χ0) is 14.0. The van der Waals surface area contributed by atoms with Crippen LogP contribution in [0.4, 0.5) is 0 Å². The molecule has 2 aromatic rings. The summed E-state index contributed by atoms with van der Waals surface area (Å²) in [7, 11) is 1.64. The van der Waals surface area contributed by atoms with E-state index in [1.807, 2.05) is 37.3 Å². The average molecular weight is 296 g/mol. The first-order valence-electron chi connectivity index (χ1n) is 5.88. The fourth-order valence-electron chi connectivity index (χ4n) is 2.05. The van der Waals surface area contributed by atoms with E-state index in [2.05, 4.69) is 0 Å². The summed E-state index contributed by atoms with van der Waals surface area (Å²) in [5, 5.41) is 1.02. The molecule has 4 heteroatoms. The summed E-state index contributed by atoms with van der Waals surface area (Å²) in [5.41, 5.74) is 9.18. The van der Waals surface area contributed by atoms with Crippen molar-refractivity contribution >= 4 is 23.2 Å². The normalized spacial score (nSPS) is 12.3. The van der Waals surface area contributed by atoms with Crippen LogP contribution in [0.1, 0.15) is 22.7 Å². The van der Waals surface area contributed by atoms with Crippen LogP contribution < -0.4 is 10.5 Å². The van der Waals surface area contributed by atoms with Crippen LogP contribution in [0.25, 0.3) is 0 Å². The predicted molar refractivity (Wildman–Crippen MR) is 80.2 cm³/mol. The smallest absolute Gasteiger partial charge is 0.119 e. The zero-order valence-corrected chi connectivity index (χ0v) is 12.3. The van der Waals surface area contributed by atoms with E-state index >= 15 is 0 Å². The minimum atomic E-state index is -0.308. The Morgan fingerprint density at radius 1 is 1.11 bits per heavy atom. The average Bonchev–Trinajstić information content (AvgIpc) is 2.41. The summed E-state index contributed by atoms with van der Waals surface area (Å²) in [6.45, 7) is 2.00. The molecule has 0 aliphatic rings. The molecule has 100 valence electrons. The lowest BCUT2D eigenvalue weighted by Gasteiger charge is -2.17. The standard InChI is InChI=1S/C15H15Cl2NO/c1-9-8-10(19-2)6-7-11(9)15(18)12-4-3-5-13(16)14(12)17/h3-8,15H,18H2,1-2H3. The van der Waals surface area contributed by atoms with Crippen LogP contribution in [0, 0.1) is 6.92 Å². The Hall–Kier alpha value is -1.22. The van der Waals surface area contributed by atoms with Gasteiger partial charge in [-0.2, -0.15) is 0 Å². The summed E-state index contributed by atoms with van der Waals surface area (Å²) in [6.07, 6.45) is 0. The van der Waals surface area contributed by atoms with Gasteiger partial charge in [-0.3, -0.25) is 0 Å². The van der Waals surface area contributed by atoms with Crippen LogP contribution in [-0.2, 0) is 0 Å². The van der Waals surface area contributed by atoms with Gasteiger partial charge in [-0.25, -0.2) is 0 Å².